The maximum Gasteiger partial charge on any atom is -0.0323 e. The molecule has 1 radical (unpaired) electrons. The van der Waals surface area contributed by atoms with Gasteiger partial charge >= 0.3 is 0 Å². The third kappa shape index (κ3) is 2.98. The summed E-state index contributed by atoms with van der Waals surface area (Å²) in [6, 6.07) is 0. The normalized spacial score (nSPS) is 35.2. The topological polar surface area (TPSA) is 0 Å². The number of unbranched alkanes of at least 4 members (excludes halogenated alkanes) is 2. The van der Waals surface area contributed by atoms with Crippen molar-refractivity contribution in [2.75, 3.05) is 0 Å². The van der Waals surface area contributed by atoms with Gasteiger partial charge in [-0.25, -0.2) is 0 Å². The Morgan fingerprint density at radius 1 is 1.00 bits per heavy atom. The zero-order valence-corrected chi connectivity index (χ0v) is 11.0. The first-order chi connectivity index (χ1) is 6.92. The van der Waals surface area contributed by atoms with Gasteiger partial charge in [0.05, 0.1) is 0 Å². The van der Waals surface area contributed by atoms with Crippen molar-refractivity contribution in [3.8, 4) is 0 Å². The molecule has 2 atom stereocenters. The van der Waals surface area contributed by atoms with Crippen molar-refractivity contribution in [1.82, 2.24) is 0 Å². The van der Waals surface area contributed by atoms with Gasteiger partial charge in [0.2, 0.25) is 0 Å². The molecule has 2 aliphatic carbocycles. The lowest BCUT2D eigenvalue weighted by Gasteiger charge is -2.04. The molecule has 0 heteroatoms. The maximum atomic E-state index is 2.55. The van der Waals surface area contributed by atoms with E-state index in [1.165, 1.54) is 38.5 Å². The molecule has 0 N–H and O–H groups in total. The van der Waals surface area contributed by atoms with E-state index in [0.29, 0.717) is 10.8 Å². The molecule has 0 saturated heterocycles. The van der Waals surface area contributed by atoms with E-state index in [4.69, 9.17) is 0 Å². The minimum absolute atomic E-state index is 0.676. The van der Waals surface area contributed by atoms with E-state index in [-0.39, 0.29) is 0 Å². The lowest BCUT2D eigenvalue weighted by Crippen LogP contribution is -1.92. The van der Waals surface area contributed by atoms with Gasteiger partial charge in [-0.15, -0.1) is 0 Å². The van der Waals surface area contributed by atoms with Gasteiger partial charge in [-0.05, 0) is 54.8 Å². The van der Waals surface area contributed by atoms with Crippen LogP contribution in [-0.2, 0) is 0 Å². The van der Waals surface area contributed by atoms with Gasteiger partial charge in [-0.3, -0.25) is 0 Å². The number of rotatable bonds is 6. The summed E-state index contributed by atoms with van der Waals surface area (Å²) in [5.74, 6) is 2.05. The van der Waals surface area contributed by atoms with Crippen LogP contribution in [0.2, 0.25) is 0 Å². The third-order valence-corrected chi connectivity index (χ3v) is 4.85. The fourth-order valence-electron chi connectivity index (χ4n) is 2.88. The number of hydrogen-bond acceptors (Lipinski definition) is 0. The molecule has 0 aromatic rings. The molecule has 0 aromatic heterocycles. The van der Waals surface area contributed by atoms with Crippen molar-refractivity contribution < 1.29 is 0 Å². The van der Waals surface area contributed by atoms with Crippen LogP contribution in [-0.4, -0.2) is 0 Å². The smallest absolute Gasteiger partial charge is 0.0323 e. The second-order valence-corrected chi connectivity index (χ2v) is 7.23. The van der Waals surface area contributed by atoms with Crippen LogP contribution in [0.3, 0.4) is 0 Å². The highest BCUT2D eigenvalue weighted by molar-refractivity contribution is 4.98. The van der Waals surface area contributed by atoms with E-state index in [1.54, 1.807) is 0 Å². The SMILES string of the molecule is CC1(C)CC1C[CH]CCCC1CC1(C)C. The molecule has 87 valence electrons. The summed E-state index contributed by atoms with van der Waals surface area (Å²) in [4.78, 5) is 0. The third-order valence-electron chi connectivity index (χ3n) is 4.85. The predicted molar refractivity (Wildman–Crippen MR) is 66.5 cm³/mol. The molecule has 0 spiro atoms. The Hall–Kier alpha value is 0. The fraction of sp³-hybridized carbons (Fsp3) is 0.933. The van der Waals surface area contributed by atoms with E-state index in [0.717, 1.165) is 11.8 Å². The Kier molecular flexibility index (Phi) is 2.90. The second-order valence-electron chi connectivity index (χ2n) is 7.23. The largest absolute Gasteiger partial charge is 0.0596 e. The highest BCUT2D eigenvalue weighted by Gasteiger charge is 2.45. The lowest BCUT2D eigenvalue weighted by molar-refractivity contribution is 0.507. The second kappa shape index (κ2) is 3.79. The van der Waals surface area contributed by atoms with Gasteiger partial charge in [-0.1, -0.05) is 40.5 Å². The predicted octanol–water partition coefficient (Wildman–Crippen LogP) is 4.84. The molecule has 0 heterocycles. The van der Waals surface area contributed by atoms with E-state index in [2.05, 4.69) is 34.1 Å². The monoisotopic (exact) mass is 207 g/mol. The molecule has 0 nitrogen and oxygen atoms in total. The molecule has 2 fully saturated rings. The van der Waals surface area contributed by atoms with Crippen molar-refractivity contribution in [2.45, 2.75) is 66.2 Å². The molecule has 2 rings (SSSR count). The van der Waals surface area contributed by atoms with Gasteiger partial charge < -0.3 is 0 Å². The molecule has 2 aliphatic rings. The van der Waals surface area contributed by atoms with Crippen molar-refractivity contribution >= 4 is 0 Å². The molecule has 0 bridgehead atoms. The lowest BCUT2D eigenvalue weighted by atomic mass is 10.0. The first-order valence-electron chi connectivity index (χ1n) is 6.73. The van der Waals surface area contributed by atoms with Crippen LogP contribution in [0.15, 0.2) is 0 Å². The van der Waals surface area contributed by atoms with E-state index >= 15 is 0 Å². The Bertz CT molecular complexity index is 200. The quantitative estimate of drug-likeness (QED) is 0.546. The summed E-state index contributed by atoms with van der Waals surface area (Å²) in [6.07, 6.45) is 11.1. The summed E-state index contributed by atoms with van der Waals surface area (Å²) in [5, 5.41) is 0. The van der Waals surface area contributed by atoms with E-state index in [9.17, 15) is 0 Å². The fourth-order valence-corrected chi connectivity index (χ4v) is 2.88. The number of hydrogen-bond donors (Lipinski definition) is 0. The van der Waals surface area contributed by atoms with Crippen LogP contribution >= 0.6 is 0 Å². The highest BCUT2D eigenvalue weighted by Crippen LogP contribution is 2.55. The van der Waals surface area contributed by atoms with Crippen molar-refractivity contribution in [2.24, 2.45) is 22.7 Å². The minimum Gasteiger partial charge on any atom is -0.0596 e. The Morgan fingerprint density at radius 2 is 1.53 bits per heavy atom. The van der Waals surface area contributed by atoms with Gasteiger partial charge in [0.25, 0.3) is 0 Å². The van der Waals surface area contributed by atoms with Crippen LogP contribution in [0, 0.1) is 29.1 Å². The van der Waals surface area contributed by atoms with Crippen molar-refractivity contribution in [3.63, 3.8) is 0 Å². The molecule has 0 aromatic carbocycles. The van der Waals surface area contributed by atoms with Crippen LogP contribution in [0.1, 0.15) is 66.2 Å². The van der Waals surface area contributed by atoms with Gasteiger partial charge in [0, 0.05) is 0 Å². The average molecular weight is 207 g/mol. The zero-order valence-electron chi connectivity index (χ0n) is 11.0. The van der Waals surface area contributed by atoms with Crippen LogP contribution < -0.4 is 0 Å². The summed E-state index contributed by atoms with van der Waals surface area (Å²) >= 11 is 0. The Balaban J connectivity index is 1.44. The maximum absolute atomic E-state index is 2.55. The first-order valence-corrected chi connectivity index (χ1v) is 6.73. The Labute approximate surface area is 95.8 Å². The standard InChI is InChI=1S/C15H27/c1-14(2)10-12(14)8-6-5-7-9-13-11-15(13,3)4/h6,12-13H,5,7-11H2,1-4H3. The summed E-state index contributed by atoms with van der Waals surface area (Å²) in [5.41, 5.74) is 1.37. The molecular formula is C15H27. The molecule has 15 heavy (non-hydrogen) atoms. The van der Waals surface area contributed by atoms with Gasteiger partial charge in [0.15, 0.2) is 0 Å². The molecule has 0 aliphatic heterocycles. The minimum atomic E-state index is 0.676. The van der Waals surface area contributed by atoms with Crippen LogP contribution in [0.25, 0.3) is 0 Å². The van der Waals surface area contributed by atoms with Gasteiger partial charge in [0.1, 0.15) is 0 Å². The molecular weight excluding hydrogens is 180 g/mol. The van der Waals surface area contributed by atoms with Crippen LogP contribution in [0.4, 0.5) is 0 Å². The van der Waals surface area contributed by atoms with Crippen molar-refractivity contribution in [1.29, 1.82) is 0 Å². The molecule has 2 unspecified atom stereocenters. The summed E-state index contributed by atoms with van der Waals surface area (Å²) in [6.45, 7) is 9.62. The average Bonchev–Trinajstić information content (AvgIpc) is 2.90. The Morgan fingerprint density at radius 3 is 2.00 bits per heavy atom. The molecule has 2 saturated carbocycles. The van der Waals surface area contributed by atoms with Crippen LogP contribution in [0.5, 0.6) is 0 Å². The zero-order chi connectivity index (χ0) is 11.1. The summed E-state index contributed by atoms with van der Waals surface area (Å²) < 4.78 is 0. The van der Waals surface area contributed by atoms with E-state index in [1.807, 2.05) is 0 Å². The first kappa shape index (κ1) is 11.5. The summed E-state index contributed by atoms with van der Waals surface area (Å²) in [7, 11) is 0. The van der Waals surface area contributed by atoms with Gasteiger partial charge in [-0.2, -0.15) is 0 Å². The van der Waals surface area contributed by atoms with Crippen molar-refractivity contribution in [3.05, 3.63) is 6.42 Å². The van der Waals surface area contributed by atoms with E-state index < -0.39 is 0 Å². The highest BCUT2D eigenvalue weighted by atomic mass is 14.5. The molecule has 0 amide bonds.